The van der Waals surface area contributed by atoms with Gasteiger partial charge >= 0.3 is 0 Å². The monoisotopic (exact) mass is 200 g/mol. The molecule has 0 bridgehead atoms. The molecule has 14 heavy (non-hydrogen) atoms. The molecule has 82 valence electrons. The van der Waals surface area contributed by atoms with E-state index in [1.165, 1.54) is 12.8 Å². The van der Waals surface area contributed by atoms with E-state index in [1.807, 2.05) is 7.05 Å². The Morgan fingerprint density at radius 2 is 2.29 bits per heavy atom. The molecule has 0 heterocycles. The summed E-state index contributed by atoms with van der Waals surface area (Å²) in [5.74, 6) is 0.769. The summed E-state index contributed by atoms with van der Waals surface area (Å²) in [4.78, 5) is 13.4. The van der Waals surface area contributed by atoms with E-state index in [0.29, 0.717) is 25.5 Å². The van der Waals surface area contributed by atoms with Crippen molar-refractivity contribution >= 4 is 5.91 Å². The molecule has 0 radical (unpaired) electrons. The Labute approximate surface area is 85.4 Å². The number of nitrogens with zero attached hydrogens (tertiary/aromatic N) is 1. The number of ether oxygens (including phenoxy) is 1. The van der Waals surface area contributed by atoms with Crippen LogP contribution in [0.4, 0.5) is 0 Å². The number of hydrogen-bond donors (Lipinski definition) is 1. The topological polar surface area (TPSA) is 55.6 Å². The minimum absolute atomic E-state index is 0.134. The molecule has 0 saturated heterocycles. The normalized spacial score (nSPS) is 17.9. The number of nitrogens with two attached hydrogens (primary N) is 1. The molecular weight excluding hydrogens is 180 g/mol. The lowest BCUT2D eigenvalue weighted by Crippen LogP contribution is -2.43. The Bertz CT molecular complexity index is 193. The average molecular weight is 200 g/mol. The molecule has 0 aliphatic heterocycles. The van der Waals surface area contributed by atoms with E-state index in [0.717, 1.165) is 0 Å². The molecule has 2 N–H and O–H groups in total. The van der Waals surface area contributed by atoms with Crippen LogP contribution in [0.25, 0.3) is 0 Å². The van der Waals surface area contributed by atoms with E-state index in [1.54, 1.807) is 12.0 Å². The van der Waals surface area contributed by atoms with Gasteiger partial charge < -0.3 is 15.4 Å². The molecule has 1 unspecified atom stereocenters. The lowest BCUT2D eigenvalue weighted by Gasteiger charge is -2.27. The minimum atomic E-state index is 0.134. The van der Waals surface area contributed by atoms with Gasteiger partial charge in [-0.05, 0) is 18.8 Å². The van der Waals surface area contributed by atoms with Crippen LogP contribution in [0.3, 0.4) is 0 Å². The largest absolute Gasteiger partial charge is 0.384 e. The lowest BCUT2D eigenvalue weighted by molar-refractivity contribution is -0.133. The van der Waals surface area contributed by atoms with Gasteiger partial charge in [-0.25, -0.2) is 0 Å². The van der Waals surface area contributed by atoms with Gasteiger partial charge in [-0.1, -0.05) is 0 Å². The zero-order chi connectivity index (χ0) is 10.6. The maximum atomic E-state index is 11.6. The zero-order valence-electron chi connectivity index (χ0n) is 9.03. The molecular formula is C10H20N2O2. The van der Waals surface area contributed by atoms with Gasteiger partial charge in [-0.15, -0.1) is 0 Å². The third-order valence-corrected chi connectivity index (χ3v) is 2.82. The van der Waals surface area contributed by atoms with Gasteiger partial charge in [-0.3, -0.25) is 4.79 Å². The van der Waals surface area contributed by atoms with Crippen molar-refractivity contribution in [2.45, 2.75) is 25.3 Å². The smallest absolute Gasteiger partial charge is 0.224 e. The second-order valence-electron chi connectivity index (χ2n) is 3.89. The fraction of sp³-hybridized carbons (Fsp3) is 0.900. The SMILES string of the molecule is COCCC(=O)N(C)C(CN)C1CC1. The standard InChI is InChI=1S/C10H20N2O2/c1-12(10(13)5-6-14-2)9(7-11)8-3-4-8/h8-9H,3-7,11H2,1-2H3. The van der Waals surface area contributed by atoms with Crippen LogP contribution in [0, 0.1) is 5.92 Å². The van der Waals surface area contributed by atoms with E-state index in [9.17, 15) is 4.79 Å². The highest BCUT2D eigenvalue weighted by atomic mass is 16.5. The Hall–Kier alpha value is -0.610. The molecule has 1 rings (SSSR count). The van der Waals surface area contributed by atoms with Crippen molar-refractivity contribution in [3.63, 3.8) is 0 Å². The Balaban J connectivity index is 2.36. The molecule has 4 nitrogen and oxygen atoms in total. The summed E-state index contributed by atoms with van der Waals surface area (Å²) in [7, 11) is 3.45. The van der Waals surface area contributed by atoms with E-state index >= 15 is 0 Å². The predicted octanol–water partition coefficient (Wildman–Crippen LogP) is 0.219. The van der Waals surface area contributed by atoms with Crippen molar-refractivity contribution in [1.29, 1.82) is 0 Å². The molecule has 0 aromatic carbocycles. The Morgan fingerprint density at radius 3 is 2.71 bits per heavy atom. The number of carbonyl (C=O) groups excluding carboxylic acids is 1. The first-order chi connectivity index (χ1) is 6.70. The highest BCUT2D eigenvalue weighted by Crippen LogP contribution is 2.34. The second-order valence-corrected chi connectivity index (χ2v) is 3.89. The minimum Gasteiger partial charge on any atom is -0.384 e. The quantitative estimate of drug-likeness (QED) is 0.667. The average Bonchev–Trinajstić information content (AvgIpc) is 2.99. The fourth-order valence-electron chi connectivity index (χ4n) is 1.70. The molecule has 0 aromatic rings. The molecule has 0 aromatic heterocycles. The highest BCUT2D eigenvalue weighted by Gasteiger charge is 2.34. The van der Waals surface area contributed by atoms with Gasteiger partial charge in [0.2, 0.25) is 5.91 Å². The van der Waals surface area contributed by atoms with Crippen LogP contribution in [-0.2, 0) is 9.53 Å². The molecule has 1 aliphatic carbocycles. The number of methoxy groups -OCH3 is 1. The first-order valence-corrected chi connectivity index (χ1v) is 5.15. The summed E-state index contributed by atoms with van der Waals surface area (Å²) in [5.41, 5.74) is 5.66. The van der Waals surface area contributed by atoms with Crippen molar-refractivity contribution < 1.29 is 9.53 Å². The summed E-state index contributed by atoms with van der Waals surface area (Å²) in [6.07, 6.45) is 2.88. The summed E-state index contributed by atoms with van der Waals surface area (Å²) in [5, 5.41) is 0. The van der Waals surface area contributed by atoms with Gasteiger partial charge in [-0.2, -0.15) is 0 Å². The van der Waals surface area contributed by atoms with Gasteiger partial charge in [0, 0.05) is 26.7 Å². The third kappa shape index (κ3) is 2.96. The van der Waals surface area contributed by atoms with Crippen LogP contribution in [-0.4, -0.2) is 44.2 Å². The summed E-state index contributed by atoms with van der Waals surface area (Å²) in [6, 6.07) is 0.236. The van der Waals surface area contributed by atoms with E-state index in [2.05, 4.69) is 0 Å². The van der Waals surface area contributed by atoms with Gasteiger partial charge in [0.25, 0.3) is 0 Å². The molecule has 1 amide bonds. The molecule has 1 fully saturated rings. The summed E-state index contributed by atoms with van der Waals surface area (Å²) in [6.45, 7) is 1.06. The Kier molecular flexibility index (Phi) is 4.35. The first kappa shape index (κ1) is 11.5. The van der Waals surface area contributed by atoms with Crippen molar-refractivity contribution in [3.05, 3.63) is 0 Å². The van der Waals surface area contributed by atoms with Crippen LogP contribution in [0.2, 0.25) is 0 Å². The summed E-state index contributed by atoms with van der Waals surface area (Å²) < 4.78 is 4.87. The number of hydrogen-bond acceptors (Lipinski definition) is 3. The van der Waals surface area contributed by atoms with Crippen LogP contribution in [0.5, 0.6) is 0 Å². The van der Waals surface area contributed by atoms with Crippen LogP contribution in [0.1, 0.15) is 19.3 Å². The molecule has 4 heteroatoms. The molecule has 1 atom stereocenters. The van der Waals surface area contributed by atoms with Crippen molar-refractivity contribution in [2.24, 2.45) is 11.7 Å². The number of likely N-dealkylation sites (N-methyl/N-ethyl adjacent to an activating group) is 1. The van der Waals surface area contributed by atoms with Crippen molar-refractivity contribution in [3.8, 4) is 0 Å². The van der Waals surface area contributed by atoms with Gasteiger partial charge in [0.15, 0.2) is 0 Å². The first-order valence-electron chi connectivity index (χ1n) is 5.15. The number of amides is 1. The summed E-state index contributed by atoms with van der Waals surface area (Å²) >= 11 is 0. The van der Waals surface area contributed by atoms with Crippen LogP contribution >= 0.6 is 0 Å². The fourth-order valence-corrected chi connectivity index (χ4v) is 1.70. The van der Waals surface area contributed by atoms with Gasteiger partial charge in [0.05, 0.1) is 13.0 Å². The molecule has 1 saturated carbocycles. The van der Waals surface area contributed by atoms with Crippen molar-refractivity contribution in [1.82, 2.24) is 4.90 Å². The van der Waals surface area contributed by atoms with Crippen LogP contribution < -0.4 is 5.73 Å². The van der Waals surface area contributed by atoms with Gasteiger partial charge in [0.1, 0.15) is 0 Å². The Morgan fingerprint density at radius 1 is 1.64 bits per heavy atom. The zero-order valence-corrected chi connectivity index (χ0v) is 9.03. The molecule has 0 spiro atoms. The van der Waals surface area contributed by atoms with Crippen LogP contribution in [0.15, 0.2) is 0 Å². The second kappa shape index (κ2) is 5.32. The lowest BCUT2D eigenvalue weighted by atomic mass is 10.1. The third-order valence-electron chi connectivity index (χ3n) is 2.82. The van der Waals surface area contributed by atoms with Crippen molar-refractivity contribution in [2.75, 3.05) is 27.3 Å². The van der Waals surface area contributed by atoms with E-state index in [4.69, 9.17) is 10.5 Å². The molecule has 1 aliphatic rings. The maximum absolute atomic E-state index is 11.6. The van der Waals surface area contributed by atoms with E-state index < -0.39 is 0 Å². The highest BCUT2D eigenvalue weighted by molar-refractivity contribution is 5.76. The van der Waals surface area contributed by atoms with E-state index in [-0.39, 0.29) is 11.9 Å². The number of rotatable bonds is 6. The predicted molar refractivity (Wildman–Crippen MR) is 54.8 cm³/mol. The maximum Gasteiger partial charge on any atom is 0.224 e. The number of carbonyl (C=O) groups is 1.